The van der Waals surface area contributed by atoms with Gasteiger partial charge in [0.25, 0.3) is 0 Å². The summed E-state index contributed by atoms with van der Waals surface area (Å²) in [6, 6.07) is 31.9. The standard InChI is InChI=1S/C31H28N2O4S/c1-36-25-16-19-28(37-2)27(21-25)33-31(35)30(23-11-7-4-8-12-23)38-26-17-14-24(15-18-26)32-29(34)20-13-22-9-5-3-6-10-22/h3-21,30H,1-2H3,(H,32,34)(H,33,35)/b20-13+. The number of ether oxygens (including phenoxy) is 2. The summed E-state index contributed by atoms with van der Waals surface area (Å²) in [5.41, 5.74) is 3.00. The third-order valence-corrected chi connectivity index (χ3v) is 6.87. The molecule has 0 aliphatic carbocycles. The van der Waals surface area contributed by atoms with Crippen LogP contribution in [0.3, 0.4) is 0 Å². The molecule has 38 heavy (non-hydrogen) atoms. The van der Waals surface area contributed by atoms with E-state index in [-0.39, 0.29) is 11.8 Å². The quantitative estimate of drug-likeness (QED) is 0.176. The predicted octanol–water partition coefficient (Wildman–Crippen LogP) is 6.83. The van der Waals surface area contributed by atoms with Crippen LogP contribution in [0.25, 0.3) is 6.08 Å². The van der Waals surface area contributed by atoms with Crippen molar-refractivity contribution in [3.8, 4) is 11.5 Å². The summed E-state index contributed by atoms with van der Waals surface area (Å²) in [4.78, 5) is 26.7. The summed E-state index contributed by atoms with van der Waals surface area (Å²) >= 11 is 1.42. The molecule has 0 fully saturated rings. The first-order chi connectivity index (χ1) is 18.6. The van der Waals surface area contributed by atoms with Gasteiger partial charge in [-0.1, -0.05) is 60.7 Å². The Morgan fingerprint density at radius 1 is 0.789 bits per heavy atom. The van der Waals surface area contributed by atoms with Gasteiger partial charge in [0, 0.05) is 22.7 Å². The van der Waals surface area contributed by atoms with Crippen LogP contribution in [-0.4, -0.2) is 26.0 Å². The SMILES string of the molecule is COc1ccc(OC)c(NC(=O)C(Sc2ccc(NC(=O)/C=C/c3ccccc3)cc2)c2ccccc2)c1. The van der Waals surface area contributed by atoms with Crippen molar-refractivity contribution < 1.29 is 19.1 Å². The fraction of sp³-hybridized carbons (Fsp3) is 0.0968. The number of nitrogens with one attached hydrogen (secondary N) is 2. The van der Waals surface area contributed by atoms with Gasteiger partial charge in [-0.05, 0) is 53.6 Å². The van der Waals surface area contributed by atoms with Crippen LogP contribution in [0.15, 0.2) is 114 Å². The van der Waals surface area contributed by atoms with Crippen LogP contribution >= 0.6 is 11.8 Å². The highest BCUT2D eigenvalue weighted by atomic mass is 32.2. The summed E-state index contributed by atoms with van der Waals surface area (Å²) in [5, 5.41) is 5.33. The van der Waals surface area contributed by atoms with E-state index in [9.17, 15) is 9.59 Å². The Balaban J connectivity index is 1.47. The number of carbonyl (C=O) groups excluding carboxylic acids is 2. The van der Waals surface area contributed by atoms with Gasteiger partial charge in [0.05, 0.1) is 19.9 Å². The molecule has 0 bridgehead atoms. The highest BCUT2D eigenvalue weighted by molar-refractivity contribution is 8.00. The average molecular weight is 525 g/mol. The van der Waals surface area contributed by atoms with Crippen molar-refractivity contribution in [3.63, 3.8) is 0 Å². The highest BCUT2D eigenvalue weighted by Gasteiger charge is 2.23. The highest BCUT2D eigenvalue weighted by Crippen LogP contribution is 2.38. The van der Waals surface area contributed by atoms with Gasteiger partial charge in [0.15, 0.2) is 0 Å². The molecule has 0 heterocycles. The number of carbonyl (C=O) groups is 2. The zero-order valence-corrected chi connectivity index (χ0v) is 21.9. The molecule has 0 saturated heterocycles. The van der Waals surface area contributed by atoms with E-state index in [4.69, 9.17) is 9.47 Å². The minimum absolute atomic E-state index is 0.198. The Labute approximate surface area is 226 Å². The largest absolute Gasteiger partial charge is 0.497 e. The van der Waals surface area contributed by atoms with Crippen molar-refractivity contribution in [2.45, 2.75) is 10.1 Å². The number of hydrogen-bond donors (Lipinski definition) is 2. The molecule has 0 saturated carbocycles. The maximum absolute atomic E-state index is 13.5. The van der Waals surface area contributed by atoms with E-state index < -0.39 is 5.25 Å². The van der Waals surface area contributed by atoms with Crippen LogP contribution in [0.1, 0.15) is 16.4 Å². The number of hydrogen-bond acceptors (Lipinski definition) is 5. The molecule has 0 radical (unpaired) electrons. The second-order valence-electron chi connectivity index (χ2n) is 8.22. The van der Waals surface area contributed by atoms with Crippen molar-refractivity contribution in [1.29, 1.82) is 0 Å². The van der Waals surface area contributed by atoms with Gasteiger partial charge >= 0.3 is 0 Å². The molecule has 0 aliphatic heterocycles. The maximum atomic E-state index is 13.5. The summed E-state index contributed by atoms with van der Waals surface area (Å²) in [6.45, 7) is 0. The first-order valence-electron chi connectivity index (χ1n) is 11.9. The van der Waals surface area contributed by atoms with Gasteiger partial charge in [-0.3, -0.25) is 9.59 Å². The van der Waals surface area contributed by atoms with Crippen LogP contribution in [0.2, 0.25) is 0 Å². The third kappa shape index (κ3) is 7.27. The van der Waals surface area contributed by atoms with E-state index in [2.05, 4.69) is 10.6 Å². The minimum atomic E-state index is -0.527. The number of benzene rings is 4. The van der Waals surface area contributed by atoms with Crippen molar-refractivity contribution >= 4 is 41.0 Å². The molecule has 4 aromatic rings. The number of thioether (sulfide) groups is 1. The monoisotopic (exact) mass is 524 g/mol. The first kappa shape index (κ1) is 26.6. The Kier molecular flexibility index (Phi) is 9.21. The molecular formula is C31H28N2O4S. The van der Waals surface area contributed by atoms with Gasteiger partial charge in [-0.2, -0.15) is 0 Å². The van der Waals surface area contributed by atoms with E-state index in [0.717, 1.165) is 16.0 Å². The van der Waals surface area contributed by atoms with Crippen molar-refractivity contribution in [2.24, 2.45) is 0 Å². The van der Waals surface area contributed by atoms with Gasteiger partial charge in [-0.25, -0.2) is 0 Å². The number of anilines is 2. The number of methoxy groups -OCH3 is 2. The van der Waals surface area contributed by atoms with Crippen LogP contribution < -0.4 is 20.1 Å². The van der Waals surface area contributed by atoms with E-state index in [1.807, 2.05) is 84.9 Å². The molecule has 4 aromatic carbocycles. The third-order valence-electron chi connectivity index (χ3n) is 5.61. The number of amides is 2. The molecule has 1 unspecified atom stereocenters. The van der Waals surface area contributed by atoms with Crippen molar-refractivity contribution in [2.75, 3.05) is 24.9 Å². The molecule has 1 atom stereocenters. The fourth-order valence-corrected chi connectivity index (χ4v) is 4.71. The second-order valence-corrected chi connectivity index (χ2v) is 9.40. The smallest absolute Gasteiger partial charge is 0.248 e. The zero-order chi connectivity index (χ0) is 26.7. The average Bonchev–Trinajstić information content (AvgIpc) is 2.96. The van der Waals surface area contributed by atoms with Gasteiger partial charge in [-0.15, -0.1) is 11.8 Å². The Morgan fingerprint density at radius 2 is 1.47 bits per heavy atom. The lowest BCUT2D eigenvalue weighted by Crippen LogP contribution is -2.19. The first-order valence-corrected chi connectivity index (χ1v) is 12.8. The molecule has 0 spiro atoms. The minimum Gasteiger partial charge on any atom is -0.497 e. The van der Waals surface area contributed by atoms with Crippen molar-refractivity contribution in [1.82, 2.24) is 0 Å². The molecule has 192 valence electrons. The Bertz CT molecular complexity index is 1390. The molecule has 2 N–H and O–H groups in total. The zero-order valence-electron chi connectivity index (χ0n) is 21.1. The fourth-order valence-electron chi connectivity index (χ4n) is 3.68. The molecular weight excluding hydrogens is 496 g/mol. The lowest BCUT2D eigenvalue weighted by Gasteiger charge is -2.19. The maximum Gasteiger partial charge on any atom is 0.248 e. The molecule has 0 aliphatic rings. The normalized spacial score (nSPS) is 11.5. The summed E-state index contributed by atoms with van der Waals surface area (Å²) in [7, 11) is 3.13. The lowest BCUT2D eigenvalue weighted by molar-refractivity contribution is -0.116. The molecule has 0 aromatic heterocycles. The van der Waals surface area contributed by atoms with Crippen LogP contribution in [-0.2, 0) is 9.59 Å². The number of rotatable bonds is 10. The second kappa shape index (κ2) is 13.2. The topological polar surface area (TPSA) is 76.7 Å². The van der Waals surface area contributed by atoms with Gasteiger partial charge < -0.3 is 20.1 Å². The summed E-state index contributed by atoms with van der Waals surface area (Å²) in [5.74, 6) is 0.734. The molecule has 7 heteroatoms. The summed E-state index contributed by atoms with van der Waals surface area (Å²) in [6.07, 6.45) is 3.26. The van der Waals surface area contributed by atoms with Crippen LogP contribution in [0.5, 0.6) is 11.5 Å². The Morgan fingerprint density at radius 3 is 2.13 bits per heavy atom. The summed E-state index contributed by atoms with van der Waals surface area (Å²) < 4.78 is 10.7. The molecule has 6 nitrogen and oxygen atoms in total. The van der Waals surface area contributed by atoms with Crippen LogP contribution in [0.4, 0.5) is 11.4 Å². The molecule has 4 rings (SSSR count). The van der Waals surface area contributed by atoms with E-state index in [0.29, 0.717) is 22.9 Å². The van der Waals surface area contributed by atoms with E-state index >= 15 is 0 Å². The van der Waals surface area contributed by atoms with Gasteiger partial charge in [0.2, 0.25) is 11.8 Å². The van der Waals surface area contributed by atoms with Crippen molar-refractivity contribution in [3.05, 3.63) is 120 Å². The predicted molar refractivity (Wildman–Crippen MR) is 154 cm³/mol. The lowest BCUT2D eigenvalue weighted by atomic mass is 10.1. The van der Waals surface area contributed by atoms with E-state index in [1.54, 1.807) is 38.5 Å². The Hall–Kier alpha value is -4.49. The molecule has 2 amide bonds. The van der Waals surface area contributed by atoms with Gasteiger partial charge in [0.1, 0.15) is 16.7 Å². The van der Waals surface area contributed by atoms with Crippen LogP contribution in [0, 0.1) is 0 Å². The van der Waals surface area contributed by atoms with E-state index in [1.165, 1.54) is 17.8 Å².